The molecular weight excluding hydrogens is 176 g/mol. The van der Waals surface area contributed by atoms with E-state index in [0.29, 0.717) is 0 Å². The van der Waals surface area contributed by atoms with E-state index in [4.69, 9.17) is 5.11 Å². The van der Waals surface area contributed by atoms with Crippen LogP contribution in [-0.4, -0.2) is 33.7 Å². The number of methoxy groups -OCH3 is 1. The van der Waals surface area contributed by atoms with E-state index in [2.05, 4.69) is 9.72 Å². The van der Waals surface area contributed by atoms with E-state index in [9.17, 15) is 9.59 Å². The summed E-state index contributed by atoms with van der Waals surface area (Å²) in [5.41, 5.74) is -0.0117. The molecule has 0 unspecified atom stereocenters. The first-order valence-corrected chi connectivity index (χ1v) is 3.41. The Morgan fingerprint density at radius 2 is 2.23 bits per heavy atom. The topological polar surface area (TPSA) is 81.4 Å². The maximum Gasteiger partial charge on any atom is 0.372 e. The van der Waals surface area contributed by atoms with Gasteiger partial charge in [-0.15, -0.1) is 0 Å². The first kappa shape index (κ1) is 9.24. The van der Waals surface area contributed by atoms with Gasteiger partial charge in [-0.05, 0) is 0 Å². The molecule has 1 heterocycles. The zero-order valence-corrected chi connectivity index (χ0v) is 7.14. The molecule has 1 N–H and O–H groups in total. The molecule has 1 rings (SSSR count). The van der Waals surface area contributed by atoms with Gasteiger partial charge in [0, 0.05) is 13.2 Å². The van der Waals surface area contributed by atoms with Crippen molar-refractivity contribution in [2.75, 3.05) is 7.11 Å². The average Bonchev–Trinajstić information content (AvgIpc) is 2.46. The highest BCUT2D eigenvalue weighted by Crippen LogP contribution is 2.02. The second-order valence-corrected chi connectivity index (χ2v) is 2.36. The number of carbonyl (C=O) groups is 2. The average molecular weight is 184 g/mol. The van der Waals surface area contributed by atoms with Gasteiger partial charge in [-0.25, -0.2) is 14.6 Å². The molecule has 0 aromatic carbocycles. The SMILES string of the molecule is COC(=O)c1cn(C)c(C(=O)O)n1. The minimum atomic E-state index is -1.18. The molecule has 13 heavy (non-hydrogen) atoms. The Labute approximate surface area is 73.8 Å². The Balaban J connectivity index is 3.09. The molecule has 0 amide bonds. The molecule has 70 valence electrons. The normalized spacial score (nSPS) is 9.69. The summed E-state index contributed by atoms with van der Waals surface area (Å²) in [5, 5.41) is 8.60. The fraction of sp³-hybridized carbons (Fsp3) is 0.286. The maximum absolute atomic E-state index is 10.9. The van der Waals surface area contributed by atoms with Gasteiger partial charge in [0.1, 0.15) is 0 Å². The van der Waals surface area contributed by atoms with Crippen molar-refractivity contribution in [3.05, 3.63) is 17.7 Å². The standard InChI is InChI=1S/C7H8N2O4/c1-9-3-4(7(12)13-2)8-5(9)6(10)11/h3H,1-2H3,(H,10,11). The number of ether oxygens (including phenoxy) is 1. The molecule has 6 nitrogen and oxygen atoms in total. The smallest absolute Gasteiger partial charge is 0.372 e. The van der Waals surface area contributed by atoms with Gasteiger partial charge in [0.25, 0.3) is 0 Å². The zero-order valence-electron chi connectivity index (χ0n) is 7.14. The minimum absolute atomic E-state index is 0.0117. The number of aryl methyl sites for hydroxylation is 1. The van der Waals surface area contributed by atoms with Crippen molar-refractivity contribution in [2.24, 2.45) is 7.05 Å². The third-order valence-corrected chi connectivity index (χ3v) is 1.46. The molecule has 1 aromatic heterocycles. The number of carboxylic acids is 1. The summed E-state index contributed by atoms with van der Waals surface area (Å²) >= 11 is 0. The molecule has 0 spiro atoms. The van der Waals surface area contributed by atoms with Gasteiger partial charge in [-0.3, -0.25) is 0 Å². The molecule has 0 saturated heterocycles. The Morgan fingerprint density at radius 1 is 1.62 bits per heavy atom. The molecule has 0 fully saturated rings. The number of carboxylic acid groups (broad SMARTS) is 1. The van der Waals surface area contributed by atoms with Crippen LogP contribution in [0.5, 0.6) is 0 Å². The van der Waals surface area contributed by atoms with Crippen molar-refractivity contribution in [2.45, 2.75) is 0 Å². The van der Waals surface area contributed by atoms with E-state index in [1.807, 2.05) is 0 Å². The molecule has 0 atom stereocenters. The number of nitrogens with zero attached hydrogens (tertiary/aromatic N) is 2. The van der Waals surface area contributed by atoms with E-state index in [-0.39, 0.29) is 11.5 Å². The Hall–Kier alpha value is -1.85. The number of rotatable bonds is 2. The Morgan fingerprint density at radius 3 is 2.62 bits per heavy atom. The zero-order chi connectivity index (χ0) is 10.0. The summed E-state index contributed by atoms with van der Waals surface area (Å²) in [5.74, 6) is -2.03. The van der Waals surface area contributed by atoms with Gasteiger partial charge in [0.2, 0.25) is 5.82 Å². The van der Waals surface area contributed by atoms with Crippen LogP contribution in [0.2, 0.25) is 0 Å². The van der Waals surface area contributed by atoms with Crippen molar-refractivity contribution >= 4 is 11.9 Å². The highest BCUT2D eigenvalue weighted by Gasteiger charge is 2.16. The van der Waals surface area contributed by atoms with E-state index >= 15 is 0 Å². The predicted molar refractivity (Wildman–Crippen MR) is 41.5 cm³/mol. The van der Waals surface area contributed by atoms with Crippen LogP contribution >= 0.6 is 0 Å². The monoisotopic (exact) mass is 184 g/mol. The second-order valence-electron chi connectivity index (χ2n) is 2.36. The van der Waals surface area contributed by atoms with Gasteiger partial charge in [-0.2, -0.15) is 0 Å². The molecule has 0 radical (unpaired) electrons. The second kappa shape index (κ2) is 3.26. The highest BCUT2D eigenvalue weighted by molar-refractivity contribution is 5.90. The lowest BCUT2D eigenvalue weighted by molar-refractivity contribution is 0.0594. The Kier molecular flexibility index (Phi) is 2.32. The van der Waals surface area contributed by atoms with E-state index < -0.39 is 11.9 Å². The summed E-state index contributed by atoms with van der Waals surface area (Å²) < 4.78 is 5.62. The van der Waals surface area contributed by atoms with Crippen LogP contribution in [0, 0.1) is 0 Å². The van der Waals surface area contributed by atoms with Crippen LogP contribution in [-0.2, 0) is 11.8 Å². The summed E-state index contributed by atoms with van der Waals surface area (Å²) in [6.45, 7) is 0. The van der Waals surface area contributed by atoms with Crippen molar-refractivity contribution in [1.82, 2.24) is 9.55 Å². The largest absolute Gasteiger partial charge is 0.475 e. The van der Waals surface area contributed by atoms with Crippen LogP contribution in [0.15, 0.2) is 6.20 Å². The van der Waals surface area contributed by atoms with Crippen LogP contribution in [0.25, 0.3) is 0 Å². The van der Waals surface area contributed by atoms with Crippen LogP contribution < -0.4 is 0 Å². The lowest BCUT2D eigenvalue weighted by Gasteiger charge is -1.90. The Bertz CT molecular complexity index is 355. The van der Waals surface area contributed by atoms with Crippen molar-refractivity contribution < 1.29 is 19.4 Å². The molecular formula is C7H8N2O4. The third kappa shape index (κ3) is 1.66. The number of carbonyl (C=O) groups excluding carboxylic acids is 1. The molecule has 0 aliphatic heterocycles. The first-order valence-electron chi connectivity index (χ1n) is 3.41. The predicted octanol–water partition coefficient (Wildman–Crippen LogP) is -0.0951. The van der Waals surface area contributed by atoms with Crippen molar-refractivity contribution in [3.63, 3.8) is 0 Å². The molecule has 0 saturated carbocycles. The minimum Gasteiger partial charge on any atom is -0.475 e. The number of aromatic nitrogens is 2. The number of hydrogen-bond acceptors (Lipinski definition) is 4. The molecule has 6 heteroatoms. The quantitative estimate of drug-likeness (QED) is 0.649. The van der Waals surface area contributed by atoms with Gasteiger partial charge in [-0.1, -0.05) is 0 Å². The van der Waals surface area contributed by atoms with E-state index in [1.54, 1.807) is 0 Å². The molecule has 0 bridgehead atoms. The number of aromatic carboxylic acids is 1. The fourth-order valence-electron chi connectivity index (χ4n) is 0.868. The first-order chi connectivity index (χ1) is 6.06. The van der Waals surface area contributed by atoms with Crippen molar-refractivity contribution in [3.8, 4) is 0 Å². The van der Waals surface area contributed by atoms with E-state index in [1.165, 1.54) is 24.9 Å². The fourth-order valence-corrected chi connectivity index (χ4v) is 0.868. The number of imidazole rings is 1. The lowest BCUT2D eigenvalue weighted by atomic mass is 10.5. The molecule has 0 aliphatic rings. The van der Waals surface area contributed by atoms with Gasteiger partial charge < -0.3 is 14.4 Å². The van der Waals surface area contributed by atoms with Crippen LogP contribution in [0.3, 0.4) is 0 Å². The van der Waals surface area contributed by atoms with E-state index in [0.717, 1.165) is 0 Å². The van der Waals surface area contributed by atoms with Gasteiger partial charge >= 0.3 is 11.9 Å². The summed E-state index contributed by atoms with van der Waals surface area (Å²) in [6, 6.07) is 0. The van der Waals surface area contributed by atoms with Crippen molar-refractivity contribution in [1.29, 1.82) is 0 Å². The maximum atomic E-state index is 10.9. The third-order valence-electron chi connectivity index (χ3n) is 1.46. The summed E-state index contributed by atoms with van der Waals surface area (Å²) in [7, 11) is 2.69. The lowest BCUT2D eigenvalue weighted by Crippen LogP contribution is -2.06. The van der Waals surface area contributed by atoms with Gasteiger partial charge in [0.05, 0.1) is 7.11 Å². The number of hydrogen-bond donors (Lipinski definition) is 1. The summed E-state index contributed by atoms with van der Waals surface area (Å²) in [6.07, 6.45) is 1.30. The number of esters is 1. The summed E-state index contributed by atoms with van der Waals surface area (Å²) in [4.78, 5) is 25.0. The molecule has 0 aliphatic carbocycles. The highest BCUT2D eigenvalue weighted by atomic mass is 16.5. The van der Waals surface area contributed by atoms with Crippen LogP contribution in [0.4, 0.5) is 0 Å². The van der Waals surface area contributed by atoms with Crippen LogP contribution in [0.1, 0.15) is 21.1 Å². The van der Waals surface area contributed by atoms with Gasteiger partial charge in [0.15, 0.2) is 5.69 Å². The molecule has 1 aromatic rings.